The van der Waals surface area contributed by atoms with Gasteiger partial charge in [0, 0.05) is 18.5 Å². The van der Waals surface area contributed by atoms with Gasteiger partial charge in [-0.25, -0.2) is 0 Å². The normalized spacial score (nSPS) is 25.9. The molecule has 1 aliphatic carbocycles. The minimum Gasteiger partial charge on any atom is -0.356 e. The van der Waals surface area contributed by atoms with Crippen molar-refractivity contribution < 1.29 is 4.79 Å². The summed E-state index contributed by atoms with van der Waals surface area (Å²) in [6.45, 7) is 5.18. The Morgan fingerprint density at radius 3 is 2.53 bits per heavy atom. The van der Waals surface area contributed by atoms with E-state index in [9.17, 15) is 4.79 Å². The summed E-state index contributed by atoms with van der Waals surface area (Å²) in [5.74, 6) is 1.02. The van der Waals surface area contributed by atoms with Gasteiger partial charge in [-0.1, -0.05) is 26.7 Å². The second-order valence-electron chi connectivity index (χ2n) is 4.70. The molecule has 3 nitrogen and oxygen atoms in total. The first-order valence-corrected chi connectivity index (χ1v) is 6.20. The van der Waals surface area contributed by atoms with Gasteiger partial charge in [0.25, 0.3) is 0 Å². The van der Waals surface area contributed by atoms with Crippen LogP contribution in [-0.4, -0.2) is 18.5 Å². The summed E-state index contributed by atoms with van der Waals surface area (Å²) in [5.41, 5.74) is 5.79. The summed E-state index contributed by atoms with van der Waals surface area (Å²) in [6, 6.07) is 0.244. The summed E-state index contributed by atoms with van der Waals surface area (Å²) in [7, 11) is 0. The largest absolute Gasteiger partial charge is 0.356 e. The van der Waals surface area contributed by atoms with Gasteiger partial charge in [-0.05, 0) is 25.2 Å². The highest BCUT2D eigenvalue weighted by Gasteiger charge is 2.27. The number of carbonyl (C=O) groups is 1. The number of hydrogen-bond acceptors (Lipinski definition) is 2. The fourth-order valence-electron chi connectivity index (χ4n) is 2.22. The van der Waals surface area contributed by atoms with Crippen LogP contribution >= 0.6 is 0 Å². The van der Waals surface area contributed by atoms with E-state index in [1.54, 1.807) is 0 Å². The van der Waals surface area contributed by atoms with E-state index in [1.807, 2.05) is 0 Å². The first kappa shape index (κ1) is 12.5. The molecule has 0 aromatic carbocycles. The van der Waals surface area contributed by atoms with Crippen molar-refractivity contribution in [3.05, 3.63) is 0 Å². The van der Waals surface area contributed by atoms with E-state index < -0.39 is 0 Å². The molecule has 1 amide bonds. The SMILES string of the molecule is CCC(CC)CNC(=O)C1CCC(N)C1. The Labute approximate surface area is 92.8 Å². The Morgan fingerprint density at radius 2 is 2.07 bits per heavy atom. The maximum absolute atomic E-state index is 11.8. The quantitative estimate of drug-likeness (QED) is 0.728. The highest BCUT2D eigenvalue weighted by atomic mass is 16.1. The van der Waals surface area contributed by atoms with E-state index >= 15 is 0 Å². The average molecular weight is 212 g/mol. The van der Waals surface area contributed by atoms with Crippen molar-refractivity contribution >= 4 is 5.91 Å². The lowest BCUT2D eigenvalue weighted by Crippen LogP contribution is -2.33. The van der Waals surface area contributed by atoms with Crippen molar-refractivity contribution in [3.8, 4) is 0 Å². The van der Waals surface area contributed by atoms with Gasteiger partial charge in [-0.3, -0.25) is 4.79 Å². The number of nitrogens with one attached hydrogen (secondary N) is 1. The molecular weight excluding hydrogens is 188 g/mol. The predicted molar refractivity (Wildman–Crippen MR) is 62.4 cm³/mol. The summed E-state index contributed by atoms with van der Waals surface area (Å²) >= 11 is 0. The molecule has 2 unspecified atom stereocenters. The molecule has 0 bridgehead atoms. The minimum absolute atomic E-state index is 0.175. The summed E-state index contributed by atoms with van der Waals surface area (Å²) in [6.07, 6.45) is 5.12. The Hall–Kier alpha value is -0.570. The van der Waals surface area contributed by atoms with Crippen LogP contribution in [0.4, 0.5) is 0 Å². The van der Waals surface area contributed by atoms with Crippen molar-refractivity contribution in [2.45, 2.75) is 52.0 Å². The Kier molecular flexibility index (Phi) is 5.09. The van der Waals surface area contributed by atoms with Crippen molar-refractivity contribution in [1.29, 1.82) is 0 Å². The molecule has 0 aromatic heterocycles. The number of amides is 1. The summed E-state index contributed by atoms with van der Waals surface area (Å²) < 4.78 is 0. The predicted octanol–water partition coefficient (Wildman–Crippen LogP) is 1.67. The molecular formula is C12H24N2O. The van der Waals surface area contributed by atoms with E-state index in [0.29, 0.717) is 5.92 Å². The van der Waals surface area contributed by atoms with E-state index in [1.165, 1.54) is 0 Å². The van der Waals surface area contributed by atoms with E-state index in [0.717, 1.165) is 38.6 Å². The molecule has 0 spiro atoms. The maximum atomic E-state index is 11.8. The number of carbonyl (C=O) groups excluding carboxylic acids is 1. The van der Waals surface area contributed by atoms with E-state index in [-0.39, 0.29) is 17.9 Å². The third-order valence-electron chi connectivity index (χ3n) is 3.56. The van der Waals surface area contributed by atoms with Gasteiger partial charge < -0.3 is 11.1 Å². The highest BCUT2D eigenvalue weighted by Crippen LogP contribution is 2.24. The topological polar surface area (TPSA) is 55.1 Å². The molecule has 2 atom stereocenters. The van der Waals surface area contributed by atoms with Gasteiger partial charge in [0.2, 0.25) is 5.91 Å². The number of nitrogens with two attached hydrogens (primary N) is 1. The van der Waals surface area contributed by atoms with E-state index in [2.05, 4.69) is 19.2 Å². The molecule has 1 rings (SSSR count). The Bertz CT molecular complexity index is 202. The van der Waals surface area contributed by atoms with Crippen molar-refractivity contribution in [2.24, 2.45) is 17.6 Å². The highest BCUT2D eigenvalue weighted by molar-refractivity contribution is 5.78. The fourth-order valence-corrected chi connectivity index (χ4v) is 2.22. The van der Waals surface area contributed by atoms with Crippen LogP contribution in [0.15, 0.2) is 0 Å². The Morgan fingerprint density at radius 1 is 1.40 bits per heavy atom. The van der Waals surface area contributed by atoms with Crippen LogP contribution in [-0.2, 0) is 4.79 Å². The molecule has 0 aromatic rings. The van der Waals surface area contributed by atoms with Crippen molar-refractivity contribution in [2.75, 3.05) is 6.54 Å². The van der Waals surface area contributed by atoms with Crippen molar-refractivity contribution in [1.82, 2.24) is 5.32 Å². The van der Waals surface area contributed by atoms with Crippen LogP contribution in [0.5, 0.6) is 0 Å². The molecule has 0 heterocycles. The van der Waals surface area contributed by atoms with Gasteiger partial charge in [0.1, 0.15) is 0 Å². The smallest absolute Gasteiger partial charge is 0.223 e. The lowest BCUT2D eigenvalue weighted by atomic mass is 10.0. The average Bonchev–Trinajstić information content (AvgIpc) is 2.66. The number of hydrogen-bond donors (Lipinski definition) is 2. The fraction of sp³-hybridized carbons (Fsp3) is 0.917. The minimum atomic E-state index is 0.175. The second-order valence-corrected chi connectivity index (χ2v) is 4.70. The zero-order chi connectivity index (χ0) is 11.3. The van der Waals surface area contributed by atoms with Crippen LogP contribution in [0.1, 0.15) is 46.0 Å². The molecule has 1 aliphatic rings. The van der Waals surface area contributed by atoms with Crippen LogP contribution in [0.25, 0.3) is 0 Å². The van der Waals surface area contributed by atoms with Crippen LogP contribution < -0.4 is 11.1 Å². The van der Waals surface area contributed by atoms with Gasteiger partial charge >= 0.3 is 0 Å². The molecule has 88 valence electrons. The first-order chi connectivity index (χ1) is 7.17. The molecule has 1 saturated carbocycles. The monoisotopic (exact) mass is 212 g/mol. The molecule has 15 heavy (non-hydrogen) atoms. The maximum Gasteiger partial charge on any atom is 0.223 e. The first-order valence-electron chi connectivity index (χ1n) is 6.20. The van der Waals surface area contributed by atoms with Crippen molar-refractivity contribution in [3.63, 3.8) is 0 Å². The second kappa shape index (κ2) is 6.11. The Balaban J connectivity index is 2.23. The van der Waals surface area contributed by atoms with Gasteiger partial charge in [0.05, 0.1) is 0 Å². The standard InChI is InChI=1S/C12H24N2O/c1-3-9(4-2)8-14-12(15)10-5-6-11(13)7-10/h9-11H,3-8,13H2,1-2H3,(H,14,15). The van der Waals surface area contributed by atoms with Gasteiger partial charge in [0.15, 0.2) is 0 Å². The molecule has 0 radical (unpaired) electrons. The van der Waals surface area contributed by atoms with Gasteiger partial charge in [-0.15, -0.1) is 0 Å². The van der Waals surface area contributed by atoms with Gasteiger partial charge in [-0.2, -0.15) is 0 Å². The molecule has 1 fully saturated rings. The lowest BCUT2D eigenvalue weighted by molar-refractivity contribution is -0.125. The van der Waals surface area contributed by atoms with Crippen LogP contribution in [0.2, 0.25) is 0 Å². The van der Waals surface area contributed by atoms with E-state index in [4.69, 9.17) is 5.73 Å². The lowest BCUT2D eigenvalue weighted by Gasteiger charge is -2.15. The van der Waals surface area contributed by atoms with Crippen LogP contribution in [0.3, 0.4) is 0 Å². The summed E-state index contributed by atoms with van der Waals surface area (Å²) in [4.78, 5) is 11.8. The zero-order valence-electron chi connectivity index (χ0n) is 9.96. The molecule has 0 aliphatic heterocycles. The number of rotatable bonds is 5. The summed E-state index contributed by atoms with van der Waals surface area (Å²) in [5, 5.41) is 3.05. The molecule has 3 heteroatoms. The van der Waals surface area contributed by atoms with Crippen LogP contribution in [0, 0.1) is 11.8 Å². The third kappa shape index (κ3) is 3.82. The molecule has 0 saturated heterocycles. The third-order valence-corrected chi connectivity index (χ3v) is 3.56. The zero-order valence-corrected chi connectivity index (χ0v) is 9.96. The molecule has 3 N–H and O–H groups in total.